The van der Waals surface area contributed by atoms with Crippen molar-refractivity contribution in [1.82, 2.24) is 5.32 Å². The number of nitrogens with one attached hydrogen (secondary N) is 1. The van der Waals surface area contributed by atoms with Crippen LogP contribution >= 0.6 is 0 Å². The van der Waals surface area contributed by atoms with Crippen molar-refractivity contribution in [3.63, 3.8) is 0 Å². The molecule has 1 aromatic carbocycles. The predicted octanol–water partition coefficient (Wildman–Crippen LogP) is 1.26. The van der Waals surface area contributed by atoms with E-state index >= 15 is 0 Å². The zero-order valence-corrected chi connectivity index (χ0v) is 14.4. The molecule has 2 atom stereocenters. The van der Waals surface area contributed by atoms with Gasteiger partial charge in [-0.25, -0.2) is 4.79 Å². The summed E-state index contributed by atoms with van der Waals surface area (Å²) in [5.41, 5.74) is 5.41. The molecule has 7 heteroatoms. The maximum atomic E-state index is 12.5. The van der Waals surface area contributed by atoms with Gasteiger partial charge in [-0.3, -0.25) is 9.59 Å². The molecule has 0 spiro atoms. The third-order valence-corrected chi connectivity index (χ3v) is 3.33. The summed E-state index contributed by atoms with van der Waals surface area (Å²) in [6.07, 6.45) is -1.06. The molecular weight excluding hydrogens is 312 g/mol. The molecule has 0 aliphatic rings. The van der Waals surface area contributed by atoms with Crippen LogP contribution in [0.25, 0.3) is 0 Å². The summed E-state index contributed by atoms with van der Waals surface area (Å²) in [4.78, 5) is 35.7. The highest BCUT2D eigenvalue weighted by Crippen LogP contribution is 2.18. The molecule has 0 radical (unpaired) electrons. The second kappa shape index (κ2) is 8.90. The van der Waals surface area contributed by atoms with Crippen LogP contribution in [0.1, 0.15) is 38.1 Å². The lowest BCUT2D eigenvalue weighted by Gasteiger charge is -2.22. The molecule has 2 amide bonds. The molecule has 0 aliphatic heterocycles. The summed E-state index contributed by atoms with van der Waals surface area (Å²) in [7, 11) is 0. The van der Waals surface area contributed by atoms with E-state index in [-0.39, 0.29) is 5.92 Å². The van der Waals surface area contributed by atoms with Crippen molar-refractivity contribution in [2.24, 2.45) is 11.7 Å². The Labute approximate surface area is 141 Å². The Morgan fingerprint density at radius 1 is 1.17 bits per heavy atom. The fourth-order valence-electron chi connectivity index (χ4n) is 1.96. The summed E-state index contributed by atoms with van der Waals surface area (Å²) < 4.78 is 10.4. The maximum absolute atomic E-state index is 12.5. The van der Waals surface area contributed by atoms with Gasteiger partial charge in [-0.1, -0.05) is 26.0 Å². The number of ether oxygens (including phenoxy) is 2. The lowest BCUT2D eigenvalue weighted by molar-refractivity contribution is -0.156. The molecule has 0 fully saturated rings. The van der Waals surface area contributed by atoms with E-state index in [0.29, 0.717) is 17.9 Å². The minimum Gasteiger partial charge on any atom is -0.493 e. The van der Waals surface area contributed by atoms with E-state index in [2.05, 4.69) is 5.32 Å². The number of hydrogen-bond donors (Lipinski definition) is 2. The first kappa shape index (κ1) is 19.5. The first-order valence-electron chi connectivity index (χ1n) is 7.80. The molecule has 24 heavy (non-hydrogen) atoms. The van der Waals surface area contributed by atoms with E-state index in [4.69, 9.17) is 15.2 Å². The minimum absolute atomic E-state index is 0.235. The molecule has 0 bridgehead atoms. The van der Waals surface area contributed by atoms with Crippen molar-refractivity contribution in [3.8, 4) is 5.75 Å². The van der Waals surface area contributed by atoms with Gasteiger partial charge in [-0.05, 0) is 31.9 Å². The molecule has 3 N–H and O–H groups in total. The van der Waals surface area contributed by atoms with Crippen molar-refractivity contribution in [3.05, 3.63) is 29.8 Å². The van der Waals surface area contributed by atoms with Crippen LogP contribution in [0.2, 0.25) is 0 Å². The minimum atomic E-state index is -1.06. The van der Waals surface area contributed by atoms with Gasteiger partial charge in [0.2, 0.25) is 0 Å². The topological polar surface area (TPSA) is 108 Å². The molecule has 0 saturated carbocycles. The second-order valence-corrected chi connectivity index (χ2v) is 5.61. The van der Waals surface area contributed by atoms with Gasteiger partial charge in [0.15, 0.2) is 6.10 Å². The lowest BCUT2D eigenvalue weighted by Crippen LogP contribution is -2.47. The molecule has 0 aromatic heterocycles. The van der Waals surface area contributed by atoms with E-state index in [1.807, 2.05) is 6.92 Å². The van der Waals surface area contributed by atoms with Crippen molar-refractivity contribution in [2.45, 2.75) is 39.8 Å². The van der Waals surface area contributed by atoms with Gasteiger partial charge >= 0.3 is 5.97 Å². The van der Waals surface area contributed by atoms with E-state index in [0.717, 1.165) is 0 Å². The Hall–Kier alpha value is -2.57. The Balaban J connectivity index is 2.91. The zero-order valence-electron chi connectivity index (χ0n) is 14.4. The first-order valence-corrected chi connectivity index (χ1v) is 7.80. The summed E-state index contributed by atoms with van der Waals surface area (Å²) in [6, 6.07) is 5.83. The van der Waals surface area contributed by atoms with E-state index in [9.17, 15) is 14.4 Å². The van der Waals surface area contributed by atoms with Gasteiger partial charge in [-0.15, -0.1) is 0 Å². The van der Waals surface area contributed by atoms with Crippen LogP contribution in [0.4, 0.5) is 0 Å². The molecule has 132 valence electrons. The molecule has 0 aliphatic carbocycles. The third-order valence-electron chi connectivity index (χ3n) is 3.33. The highest BCUT2D eigenvalue weighted by Gasteiger charge is 2.29. The van der Waals surface area contributed by atoms with Gasteiger partial charge in [0.05, 0.1) is 12.2 Å². The van der Waals surface area contributed by atoms with Crippen LogP contribution in [-0.4, -0.2) is 36.5 Å². The fraction of sp³-hybridized carbons (Fsp3) is 0.471. The highest BCUT2D eigenvalue weighted by atomic mass is 16.5. The van der Waals surface area contributed by atoms with Crippen LogP contribution in [0.3, 0.4) is 0 Å². The van der Waals surface area contributed by atoms with Crippen LogP contribution in [-0.2, 0) is 14.3 Å². The van der Waals surface area contributed by atoms with Gasteiger partial charge < -0.3 is 20.5 Å². The summed E-state index contributed by atoms with van der Waals surface area (Å²) in [6.45, 7) is 7.12. The number of primary amides is 1. The molecule has 0 saturated heterocycles. The standard InChI is InChI=1S/C17H24N2O5/c1-5-23-13-9-7-6-8-12(13)16(21)19-14(10(2)3)17(22)24-11(4)15(18)20/h6-11,14H,5H2,1-4H3,(H2,18,20)(H,19,21)/t11-,14-/m0/s1. The zero-order chi connectivity index (χ0) is 18.3. The number of carbonyl (C=O) groups excluding carboxylic acids is 3. The lowest BCUT2D eigenvalue weighted by atomic mass is 10.0. The quantitative estimate of drug-likeness (QED) is 0.695. The summed E-state index contributed by atoms with van der Waals surface area (Å²) in [5, 5.41) is 2.63. The number of hydrogen-bond acceptors (Lipinski definition) is 5. The van der Waals surface area contributed by atoms with Gasteiger partial charge in [0.25, 0.3) is 11.8 Å². The van der Waals surface area contributed by atoms with Crippen LogP contribution in [0.5, 0.6) is 5.75 Å². The average Bonchev–Trinajstić information content (AvgIpc) is 2.52. The monoisotopic (exact) mass is 336 g/mol. The largest absolute Gasteiger partial charge is 0.493 e. The highest BCUT2D eigenvalue weighted by molar-refractivity contribution is 5.99. The van der Waals surface area contributed by atoms with Crippen molar-refractivity contribution in [2.75, 3.05) is 6.61 Å². The van der Waals surface area contributed by atoms with E-state index < -0.39 is 29.9 Å². The van der Waals surface area contributed by atoms with Gasteiger partial charge in [0, 0.05) is 0 Å². The molecule has 0 unspecified atom stereocenters. The number of nitrogens with two attached hydrogens (primary N) is 1. The normalized spacial score (nSPS) is 13.0. The molecule has 7 nitrogen and oxygen atoms in total. The van der Waals surface area contributed by atoms with Crippen LogP contribution < -0.4 is 15.8 Å². The van der Waals surface area contributed by atoms with Crippen molar-refractivity contribution < 1.29 is 23.9 Å². The number of para-hydroxylation sites is 1. The maximum Gasteiger partial charge on any atom is 0.329 e. The van der Waals surface area contributed by atoms with Crippen molar-refractivity contribution in [1.29, 1.82) is 0 Å². The Bertz CT molecular complexity index is 600. The van der Waals surface area contributed by atoms with Gasteiger partial charge in [-0.2, -0.15) is 0 Å². The number of esters is 1. The fourth-order valence-corrected chi connectivity index (χ4v) is 1.96. The van der Waals surface area contributed by atoms with Crippen LogP contribution in [0.15, 0.2) is 24.3 Å². The first-order chi connectivity index (χ1) is 11.3. The smallest absolute Gasteiger partial charge is 0.329 e. The number of benzene rings is 1. The molecular formula is C17H24N2O5. The Kier molecular flexibility index (Phi) is 7.23. The molecule has 1 rings (SSSR count). The van der Waals surface area contributed by atoms with E-state index in [1.165, 1.54) is 6.92 Å². The Morgan fingerprint density at radius 3 is 2.33 bits per heavy atom. The second-order valence-electron chi connectivity index (χ2n) is 5.61. The SMILES string of the molecule is CCOc1ccccc1C(=O)N[C@H](C(=O)O[C@@H](C)C(N)=O)C(C)C. The molecule has 0 heterocycles. The summed E-state index contributed by atoms with van der Waals surface area (Å²) >= 11 is 0. The number of rotatable bonds is 8. The van der Waals surface area contributed by atoms with E-state index in [1.54, 1.807) is 38.1 Å². The average molecular weight is 336 g/mol. The molecule has 1 aromatic rings. The number of carbonyl (C=O) groups is 3. The summed E-state index contributed by atoms with van der Waals surface area (Å²) in [5.74, 6) is -1.72. The van der Waals surface area contributed by atoms with Crippen molar-refractivity contribution >= 4 is 17.8 Å². The van der Waals surface area contributed by atoms with Crippen LogP contribution in [0, 0.1) is 5.92 Å². The number of amides is 2. The predicted molar refractivity (Wildman–Crippen MR) is 88.5 cm³/mol. The van der Waals surface area contributed by atoms with Gasteiger partial charge in [0.1, 0.15) is 11.8 Å². The third kappa shape index (κ3) is 5.26. The Morgan fingerprint density at radius 2 is 1.79 bits per heavy atom.